The van der Waals surface area contributed by atoms with Gasteiger partial charge >= 0.3 is 0 Å². The summed E-state index contributed by atoms with van der Waals surface area (Å²) in [7, 11) is 0. The van der Waals surface area contributed by atoms with Crippen LogP contribution in [0.3, 0.4) is 0 Å². The number of carbonyl (C=O) groups is 1. The van der Waals surface area contributed by atoms with Crippen molar-refractivity contribution in [2.24, 2.45) is 5.92 Å². The molecule has 1 saturated heterocycles. The van der Waals surface area contributed by atoms with E-state index >= 15 is 0 Å². The van der Waals surface area contributed by atoms with E-state index in [9.17, 15) is 4.79 Å². The van der Waals surface area contributed by atoms with Gasteiger partial charge in [0.05, 0.1) is 11.6 Å². The highest BCUT2D eigenvalue weighted by molar-refractivity contribution is 5.94. The first-order chi connectivity index (χ1) is 12.6. The summed E-state index contributed by atoms with van der Waals surface area (Å²) in [4.78, 5) is 14.7. The van der Waals surface area contributed by atoms with Gasteiger partial charge in [0, 0.05) is 25.2 Å². The van der Waals surface area contributed by atoms with Gasteiger partial charge in [0.1, 0.15) is 0 Å². The van der Waals surface area contributed by atoms with Gasteiger partial charge in [0.15, 0.2) is 0 Å². The Kier molecular flexibility index (Phi) is 6.04. The van der Waals surface area contributed by atoms with Crippen molar-refractivity contribution in [2.75, 3.05) is 13.1 Å². The highest BCUT2D eigenvalue weighted by Gasteiger charge is 2.16. The molecule has 1 fully saturated rings. The van der Waals surface area contributed by atoms with E-state index in [2.05, 4.69) is 47.5 Å². The Morgan fingerprint density at radius 2 is 1.85 bits per heavy atom. The summed E-state index contributed by atoms with van der Waals surface area (Å²) in [5.74, 6) is 0.668. The number of hydrogen-bond acceptors (Lipinski definition) is 3. The molecule has 2 aromatic rings. The van der Waals surface area contributed by atoms with Crippen LogP contribution in [0.1, 0.15) is 46.8 Å². The number of nitrogens with one attached hydrogen (secondary N) is 1. The average molecular weight is 347 g/mol. The number of piperidine rings is 1. The molecule has 1 atom stereocenters. The number of likely N-dealkylation sites (tertiary alicyclic amines) is 1. The lowest BCUT2D eigenvalue weighted by Crippen LogP contribution is -2.33. The normalized spacial score (nSPS) is 17.5. The van der Waals surface area contributed by atoms with Gasteiger partial charge in [0.25, 0.3) is 5.91 Å². The molecule has 0 bridgehead atoms. The Balaban J connectivity index is 1.50. The Hall–Kier alpha value is -2.64. The van der Waals surface area contributed by atoms with E-state index in [-0.39, 0.29) is 5.91 Å². The van der Waals surface area contributed by atoms with E-state index in [1.165, 1.54) is 31.5 Å². The van der Waals surface area contributed by atoms with Crippen molar-refractivity contribution in [1.82, 2.24) is 10.2 Å². The molecule has 0 aliphatic carbocycles. The van der Waals surface area contributed by atoms with Crippen molar-refractivity contribution >= 4 is 5.91 Å². The SMILES string of the molecule is CC1CCCN(Cc2ccc(CNC(=O)c3ccc(C#N)cc3)cc2)C1. The average Bonchev–Trinajstić information content (AvgIpc) is 2.67. The van der Waals surface area contributed by atoms with E-state index in [0.717, 1.165) is 18.0 Å². The standard InChI is InChI=1S/C22H25N3O/c1-17-3-2-12-25(15-17)16-20-6-4-19(5-7-20)14-24-22(26)21-10-8-18(13-23)9-11-21/h4-11,17H,2-3,12,14-16H2,1H3,(H,24,26). The summed E-state index contributed by atoms with van der Waals surface area (Å²) >= 11 is 0. The quantitative estimate of drug-likeness (QED) is 0.897. The van der Waals surface area contributed by atoms with Crippen LogP contribution in [0.5, 0.6) is 0 Å². The number of nitriles is 1. The lowest BCUT2D eigenvalue weighted by Gasteiger charge is -2.30. The molecule has 2 aromatic carbocycles. The summed E-state index contributed by atoms with van der Waals surface area (Å²) in [5, 5.41) is 11.7. The van der Waals surface area contributed by atoms with Crippen LogP contribution in [0.15, 0.2) is 48.5 Å². The predicted octanol–water partition coefficient (Wildman–Crippen LogP) is 3.72. The highest BCUT2D eigenvalue weighted by Crippen LogP contribution is 2.18. The van der Waals surface area contributed by atoms with Crippen molar-refractivity contribution in [3.8, 4) is 6.07 Å². The smallest absolute Gasteiger partial charge is 0.251 e. The van der Waals surface area contributed by atoms with Crippen LogP contribution in [-0.4, -0.2) is 23.9 Å². The van der Waals surface area contributed by atoms with Crippen molar-refractivity contribution in [3.63, 3.8) is 0 Å². The zero-order valence-electron chi connectivity index (χ0n) is 15.2. The molecule has 0 aromatic heterocycles. The van der Waals surface area contributed by atoms with Crippen LogP contribution >= 0.6 is 0 Å². The molecule has 0 radical (unpaired) electrons. The third kappa shape index (κ3) is 4.93. The Labute approximate surface area is 155 Å². The molecular formula is C22H25N3O. The van der Waals surface area contributed by atoms with E-state index < -0.39 is 0 Å². The van der Waals surface area contributed by atoms with Gasteiger partial charge in [0.2, 0.25) is 0 Å². The fourth-order valence-electron chi connectivity index (χ4n) is 3.43. The number of carbonyl (C=O) groups excluding carboxylic acids is 1. The van der Waals surface area contributed by atoms with Gasteiger partial charge in [-0.3, -0.25) is 9.69 Å². The zero-order valence-corrected chi connectivity index (χ0v) is 15.2. The Bertz CT molecular complexity index is 775. The number of nitrogens with zero attached hydrogens (tertiary/aromatic N) is 2. The van der Waals surface area contributed by atoms with Crippen LogP contribution < -0.4 is 5.32 Å². The number of hydrogen-bond donors (Lipinski definition) is 1. The first-order valence-corrected chi connectivity index (χ1v) is 9.22. The van der Waals surface area contributed by atoms with Crippen LogP contribution in [0.4, 0.5) is 0 Å². The summed E-state index contributed by atoms with van der Waals surface area (Å²) in [5.41, 5.74) is 3.53. The fraction of sp³-hybridized carbons (Fsp3) is 0.364. The Morgan fingerprint density at radius 1 is 1.15 bits per heavy atom. The molecule has 1 amide bonds. The number of benzene rings is 2. The van der Waals surface area contributed by atoms with Crippen molar-refractivity contribution in [3.05, 3.63) is 70.8 Å². The van der Waals surface area contributed by atoms with E-state index in [4.69, 9.17) is 5.26 Å². The molecule has 3 rings (SSSR count). The molecule has 1 aliphatic heterocycles. The lowest BCUT2D eigenvalue weighted by atomic mass is 9.99. The molecule has 4 nitrogen and oxygen atoms in total. The van der Waals surface area contributed by atoms with Gasteiger partial charge < -0.3 is 5.32 Å². The van der Waals surface area contributed by atoms with Crippen LogP contribution in [0, 0.1) is 17.2 Å². The lowest BCUT2D eigenvalue weighted by molar-refractivity contribution is 0.0951. The van der Waals surface area contributed by atoms with Crippen LogP contribution in [0.25, 0.3) is 0 Å². The molecule has 1 heterocycles. The van der Waals surface area contributed by atoms with Gasteiger partial charge in [-0.1, -0.05) is 31.2 Å². The molecule has 1 aliphatic rings. The molecular weight excluding hydrogens is 322 g/mol. The second kappa shape index (κ2) is 8.64. The molecule has 0 spiro atoms. The van der Waals surface area contributed by atoms with Gasteiger partial charge in [-0.15, -0.1) is 0 Å². The van der Waals surface area contributed by atoms with E-state index in [1.54, 1.807) is 24.3 Å². The number of amides is 1. The molecule has 0 saturated carbocycles. The van der Waals surface area contributed by atoms with Gasteiger partial charge in [-0.2, -0.15) is 5.26 Å². The zero-order chi connectivity index (χ0) is 18.4. The van der Waals surface area contributed by atoms with Gasteiger partial charge in [-0.25, -0.2) is 0 Å². The Morgan fingerprint density at radius 3 is 2.50 bits per heavy atom. The largest absolute Gasteiger partial charge is 0.348 e. The minimum Gasteiger partial charge on any atom is -0.348 e. The molecule has 4 heteroatoms. The topological polar surface area (TPSA) is 56.1 Å². The van der Waals surface area contributed by atoms with Crippen molar-refractivity contribution < 1.29 is 4.79 Å². The predicted molar refractivity (Wildman–Crippen MR) is 102 cm³/mol. The third-order valence-corrected chi connectivity index (χ3v) is 4.90. The van der Waals surface area contributed by atoms with E-state index in [0.29, 0.717) is 17.7 Å². The van der Waals surface area contributed by atoms with Crippen molar-refractivity contribution in [2.45, 2.75) is 32.9 Å². The first kappa shape index (κ1) is 18.2. The maximum atomic E-state index is 12.2. The molecule has 1 unspecified atom stereocenters. The fourth-order valence-corrected chi connectivity index (χ4v) is 3.43. The molecule has 134 valence electrons. The first-order valence-electron chi connectivity index (χ1n) is 9.22. The monoisotopic (exact) mass is 347 g/mol. The second-order valence-electron chi connectivity index (χ2n) is 7.17. The van der Waals surface area contributed by atoms with Crippen LogP contribution in [0.2, 0.25) is 0 Å². The summed E-state index contributed by atoms with van der Waals surface area (Å²) in [6, 6.07) is 17.2. The summed E-state index contributed by atoms with van der Waals surface area (Å²) < 4.78 is 0. The molecule has 1 N–H and O–H groups in total. The maximum Gasteiger partial charge on any atom is 0.251 e. The number of rotatable bonds is 5. The van der Waals surface area contributed by atoms with Crippen LogP contribution in [-0.2, 0) is 13.1 Å². The maximum absolute atomic E-state index is 12.2. The highest BCUT2D eigenvalue weighted by atomic mass is 16.1. The minimum atomic E-state index is -0.124. The summed E-state index contributed by atoms with van der Waals surface area (Å²) in [6.07, 6.45) is 2.63. The van der Waals surface area contributed by atoms with Gasteiger partial charge in [-0.05, 0) is 60.7 Å². The van der Waals surface area contributed by atoms with Crippen molar-refractivity contribution in [1.29, 1.82) is 5.26 Å². The molecule has 26 heavy (non-hydrogen) atoms. The second-order valence-corrected chi connectivity index (χ2v) is 7.17. The minimum absolute atomic E-state index is 0.124. The third-order valence-electron chi connectivity index (χ3n) is 4.90. The summed E-state index contributed by atoms with van der Waals surface area (Å²) in [6.45, 7) is 6.20. The van der Waals surface area contributed by atoms with E-state index in [1.807, 2.05) is 0 Å².